The smallest absolute Gasteiger partial charge is 0.157 e. The predicted molar refractivity (Wildman–Crippen MR) is 124 cm³/mol. The average molecular weight is 441 g/mol. The van der Waals surface area contributed by atoms with Gasteiger partial charge in [0.05, 0.1) is 24.3 Å². The van der Waals surface area contributed by atoms with Gasteiger partial charge in [-0.2, -0.15) is 5.26 Å². The fraction of sp³-hybridized carbons (Fsp3) is 0.852. The van der Waals surface area contributed by atoms with Gasteiger partial charge in [0, 0.05) is 12.0 Å². The molecule has 5 aliphatic rings. The summed E-state index contributed by atoms with van der Waals surface area (Å²) in [6.45, 7) is 6.26. The van der Waals surface area contributed by atoms with Crippen molar-refractivity contribution in [3.05, 3.63) is 11.6 Å². The summed E-state index contributed by atoms with van der Waals surface area (Å²) in [5, 5.41) is 13.3. The minimum Gasteiger partial charge on any atom is -0.395 e. The molecular weight excluding hydrogens is 400 g/mol. The summed E-state index contributed by atoms with van der Waals surface area (Å²) < 4.78 is 12.3. The van der Waals surface area contributed by atoms with Crippen molar-refractivity contribution in [3.8, 4) is 6.07 Å². The zero-order chi connectivity index (χ0) is 22.2. The zero-order valence-electron chi connectivity index (χ0n) is 20.0. The molecule has 7 atom stereocenters. The number of hydrogen-bond acceptors (Lipinski definition) is 5. The molecule has 0 N–H and O–H groups in total. The van der Waals surface area contributed by atoms with Crippen molar-refractivity contribution in [2.75, 3.05) is 13.2 Å². The van der Waals surface area contributed by atoms with Crippen molar-refractivity contribution >= 4 is 5.71 Å². The summed E-state index contributed by atoms with van der Waals surface area (Å²) >= 11 is 0. The molecule has 5 nitrogen and oxygen atoms in total. The molecule has 4 fully saturated rings. The molecule has 0 aromatic rings. The lowest BCUT2D eigenvalue weighted by Crippen LogP contribution is -2.50. The van der Waals surface area contributed by atoms with Gasteiger partial charge in [0.1, 0.15) is 6.61 Å². The Balaban J connectivity index is 1.27. The highest BCUT2D eigenvalue weighted by atomic mass is 16.7. The molecule has 4 aliphatic carbocycles. The van der Waals surface area contributed by atoms with Crippen LogP contribution in [0.2, 0.25) is 0 Å². The Morgan fingerprint density at radius 1 is 1.12 bits per heavy atom. The zero-order valence-corrected chi connectivity index (χ0v) is 20.0. The first-order valence-electron chi connectivity index (χ1n) is 13.1. The molecule has 0 aromatic carbocycles. The third-order valence-electron chi connectivity index (χ3n) is 9.76. The maximum atomic E-state index is 8.75. The first kappa shape index (κ1) is 22.4. The summed E-state index contributed by atoms with van der Waals surface area (Å²) in [5.41, 5.74) is 3.43. The topological polar surface area (TPSA) is 63.8 Å². The van der Waals surface area contributed by atoms with Gasteiger partial charge >= 0.3 is 0 Å². The lowest BCUT2D eigenvalue weighted by molar-refractivity contribution is -0.195. The fourth-order valence-electron chi connectivity index (χ4n) is 7.93. The first-order chi connectivity index (χ1) is 15.5. The van der Waals surface area contributed by atoms with Gasteiger partial charge < -0.3 is 14.3 Å². The van der Waals surface area contributed by atoms with Crippen LogP contribution in [0.1, 0.15) is 90.9 Å². The lowest BCUT2D eigenvalue weighted by Gasteiger charge is -2.57. The molecule has 0 bridgehead atoms. The molecule has 1 aliphatic heterocycles. The molecule has 1 heterocycles. The van der Waals surface area contributed by atoms with Gasteiger partial charge in [-0.15, -0.1) is 0 Å². The second-order valence-corrected chi connectivity index (χ2v) is 11.3. The van der Waals surface area contributed by atoms with Crippen molar-refractivity contribution in [3.63, 3.8) is 0 Å². The van der Waals surface area contributed by atoms with Crippen LogP contribution < -0.4 is 0 Å². The molecule has 0 amide bonds. The van der Waals surface area contributed by atoms with E-state index in [1.54, 1.807) is 5.57 Å². The van der Waals surface area contributed by atoms with Gasteiger partial charge in [0.15, 0.2) is 6.29 Å². The second-order valence-electron chi connectivity index (χ2n) is 11.3. The Labute approximate surface area is 193 Å². The molecule has 176 valence electrons. The highest BCUT2D eigenvalue weighted by molar-refractivity contribution is 5.92. The largest absolute Gasteiger partial charge is 0.395 e. The van der Waals surface area contributed by atoms with E-state index in [1.165, 1.54) is 50.7 Å². The summed E-state index contributed by atoms with van der Waals surface area (Å²) in [6, 6.07) is 2.14. The van der Waals surface area contributed by atoms with Crippen molar-refractivity contribution in [2.24, 2.45) is 33.7 Å². The van der Waals surface area contributed by atoms with E-state index in [0.29, 0.717) is 30.5 Å². The predicted octanol–water partition coefficient (Wildman–Crippen LogP) is 6.15. The molecule has 5 rings (SSSR count). The standard InChI is InChI=1S/C27H40N2O3/c1-26-13-11-20(32-25-6-3-4-16-30-25)18-19(26)7-8-21-22-9-10-24(29-31-17-5-15-28)27(22,2)14-12-23(21)26/h7,20-23,25H,3-6,8-14,16-18H2,1-2H3/b29-24+/t20-,21+,22+,23+,25-,26+,27+/m1/s1. The SMILES string of the molecule is C[C@]12CC[C@@H](O[C@@H]3CCCCO3)CC1=CC[C@@H]1[C@@H]2CC[C@]2(C)/C(=N/OCCC#N)CC[C@@H]12. The molecule has 0 spiro atoms. The van der Waals surface area contributed by atoms with Crippen molar-refractivity contribution in [1.29, 1.82) is 5.26 Å². The van der Waals surface area contributed by atoms with E-state index in [0.717, 1.165) is 44.1 Å². The Hall–Kier alpha value is -1.38. The first-order valence-corrected chi connectivity index (χ1v) is 13.1. The number of nitrogens with zero attached hydrogens (tertiary/aromatic N) is 2. The normalized spacial score (nSPS) is 44.7. The van der Waals surface area contributed by atoms with Crippen LogP contribution in [0.25, 0.3) is 0 Å². The second kappa shape index (κ2) is 9.11. The van der Waals surface area contributed by atoms with Crippen LogP contribution in [0.3, 0.4) is 0 Å². The van der Waals surface area contributed by atoms with Crippen LogP contribution in [-0.2, 0) is 14.3 Å². The third kappa shape index (κ3) is 3.92. The third-order valence-corrected chi connectivity index (χ3v) is 9.76. The van der Waals surface area contributed by atoms with E-state index in [-0.39, 0.29) is 11.7 Å². The monoisotopic (exact) mass is 440 g/mol. The average Bonchev–Trinajstić information content (AvgIpc) is 3.14. The number of oxime groups is 1. The molecule has 3 saturated carbocycles. The van der Waals surface area contributed by atoms with E-state index in [2.05, 4.69) is 31.1 Å². The number of ether oxygens (including phenoxy) is 2. The number of nitriles is 1. The van der Waals surface area contributed by atoms with E-state index in [4.69, 9.17) is 19.6 Å². The number of rotatable bonds is 5. The van der Waals surface area contributed by atoms with E-state index in [9.17, 15) is 0 Å². The van der Waals surface area contributed by atoms with Gasteiger partial charge in [-0.3, -0.25) is 0 Å². The van der Waals surface area contributed by atoms with Crippen LogP contribution >= 0.6 is 0 Å². The van der Waals surface area contributed by atoms with E-state index < -0.39 is 0 Å². The van der Waals surface area contributed by atoms with Crippen molar-refractivity contribution in [1.82, 2.24) is 0 Å². The Kier molecular flexibility index (Phi) is 6.38. The van der Waals surface area contributed by atoms with Crippen LogP contribution in [0.5, 0.6) is 0 Å². The van der Waals surface area contributed by atoms with Crippen LogP contribution in [0.15, 0.2) is 16.8 Å². The molecule has 5 heteroatoms. The number of hydrogen-bond donors (Lipinski definition) is 0. The Bertz CT molecular complexity index is 795. The Morgan fingerprint density at radius 2 is 1.97 bits per heavy atom. The highest BCUT2D eigenvalue weighted by Gasteiger charge is 2.58. The van der Waals surface area contributed by atoms with Crippen LogP contribution in [-0.4, -0.2) is 31.3 Å². The highest BCUT2D eigenvalue weighted by Crippen LogP contribution is 2.64. The number of fused-ring (bicyclic) bond motifs is 5. The van der Waals surface area contributed by atoms with Gasteiger partial charge in [0.2, 0.25) is 0 Å². The minimum absolute atomic E-state index is 0.0250. The molecule has 32 heavy (non-hydrogen) atoms. The van der Waals surface area contributed by atoms with Crippen molar-refractivity contribution in [2.45, 2.75) is 103 Å². The summed E-state index contributed by atoms with van der Waals surface area (Å²) in [4.78, 5) is 5.52. The van der Waals surface area contributed by atoms with E-state index in [1.807, 2.05) is 0 Å². The summed E-state index contributed by atoms with van der Waals surface area (Å²) in [6.07, 6.45) is 16.4. The molecule has 0 radical (unpaired) electrons. The van der Waals surface area contributed by atoms with Crippen molar-refractivity contribution < 1.29 is 14.3 Å². The van der Waals surface area contributed by atoms with Gasteiger partial charge in [-0.1, -0.05) is 30.7 Å². The number of allylic oxidation sites excluding steroid dienone is 1. The fourth-order valence-corrected chi connectivity index (χ4v) is 7.93. The van der Waals surface area contributed by atoms with Gasteiger partial charge in [-0.25, -0.2) is 0 Å². The van der Waals surface area contributed by atoms with Crippen LogP contribution in [0.4, 0.5) is 0 Å². The summed E-state index contributed by atoms with van der Waals surface area (Å²) in [5.74, 6) is 2.25. The molecule has 0 unspecified atom stereocenters. The maximum Gasteiger partial charge on any atom is 0.157 e. The molecule has 1 saturated heterocycles. The lowest BCUT2D eigenvalue weighted by atomic mass is 9.48. The van der Waals surface area contributed by atoms with Gasteiger partial charge in [0.25, 0.3) is 0 Å². The summed E-state index contributed by atoms with van der Waals surface area (Å²) in [7, 11) is 0. The molecular formula is C27H40N2O3. The Morgan fingerprint density at radius 3 is 2.78 bits per heavy atom. The molecule has 0 aromatic heterocycles. The quantitative estimate of drug-likeness (QED) is 0.292. The van der Waals surface area contributed by atoms with Gasteiger partial charge in [-0.05, 0) is 93.8 Å². The van der Waals surface area contributed by atoms with E-state index >= 15 is 0 Å². The minimum atomic E-state index is 0.0250. The maximum absolute atomic E-state index is 8.75. The van der Waals surface area contributed by atoms with Crippen LogP contribution in [0, 0.1) is 39.9 Å².